The van der Waals surface area contributed by atoms with Crippen molar-refractivity contribution in [2.24, 2.45) is 5.92 Å². The van der Waals surface area contributed by atoms with Crippen LogP contribution in [0.3, 0.4) is 0 Å². The first-order valence-corrected chi connectivity index (χ1v) is 9.80. The number of anilines is 1. The van der Waals surface area contributed by atoms with Crippen LogP contribution in [0.5, 0.6) is 0 Å². The molecule has 1 saturated heterocycles. The van der Waals surface area contributed by atoms with Gasteiger partial charge in [0.15, 0.2) is 0 Å². The van der Waals surface area contributed by atoms with Crippen LogP contribution in [0.4, 0.5) is 10.6 Å². The van der Waals surface area contributed by atoms with Crippen LogP contribution in [-0.2, 0) is 4.74 Å². The summed E-state index contributed by atoms with van der Waals surface area (Å²) in [5.74, 6) is 1.30. The van der Waals surface area contributed by atoms with Gasteiger partial charge in [0.25, 0.3) is 0 Å². The molecule has 0 saturated carbocycles. The minimum absolute atomic E-state index is 0.0212. The molecule has 5 nitrogen and oxygen atoms in total. The molecule has 1 aromatic rings. The molecular formula is C21H35N3O2. The zero-order chi connectivity index (χ0) is 19.5. The fraction of sp³-hybridized carbons (Fsp3) is 0.714. The van der Waals surface area contributed by atoms with Crippen LogP contribution in [0.2, 0.25) is 0 Å². The minimum Gasteiger partial charge on any atom is -0.443 e. The lowest BCUT2D eigenvalue weighted by atomic mass is 10.1. The Morgan fingerprint density at radius 1 is 1.31 bits per heavy atom. The number of likely N-dealkylation sites (tertiary alicyclic amines) is 1. The second-order valence-corrected chi connectivity index (χ2v) is 8.94. The molecule has 1 fully saturated rings. The first-order chi connectivity index (χ1) is 12.1. The van der Waals surface area contributed by atoms with E-state index >= 15 is 0 Å². The Balaban J connectivity index is 2.17. The summed E-state index contributed by atoms with van der Waals surface area (Å²) in [5, 5.41) is 0. The van der Waals surface area contributed by atoms with Crippen LogP contribution in [0.15, 0.2) is 18.3 Å². The van der Waals surface area contributed by atoms with E-state index in [1.807, 2.05) is 46.9 Å². The van der Waals surface area contributed by atoms with E-state index in [4.69, 9.17) is 4.74 Å². The van der Waals surface area contributed by atoms with Crippen LogP contribution < -0.4 is 4.90 Å². The standard InChI is InChI=1S/C21H35N3O2/c1-15(2)14-23-12-8-9-18(23)17-10-11-19(22-13-17)24(16(3)4)20(25)26-21(5,6)7/h10-11,13,15-16,18H,8-9,12,14H2,1-7H3/t18-/m1/s1. The normalized spacial score (nSPS) is 18.6. The third kappa shape index (κ3) is 5.44. The van der Waals surface area contributed by atoms with Crippen molar-refractivity contribution in [1.29, 1.82) is 0 Å². The number of carbonyl (C=O) groups is 1. The number of ether oxygens (including phenoxy) is 1. The van der Waals surface area contributed by atoms with Gasteiger partial charge >= 0.3 is 6.09 Å². The van der Waals surface area contributed by atoms with Gasteiger partial charge in [-0.25, -0.2) is 9.78 Å². The van der Waals surface area contributed by atoms with Gasteiger partial charge in [-0.1, -0.05) is 19.9 Å². The van der Waals surface area contributed by atoms with Gasteiger partial charge in [-0.3, -0.25) is 9.80 Å². The number of nitrogens with zero attached hydrogens (tertiary/aromatic N) is 3. The highest BCUT2D eigenvalue weighted by Gasteiger charge is 2.29. The van der Waals surface area contributed by atoms with Gasteiger partial charge in [-0.05, 0) is 71.6 Å². The van der Waals surface area contributed by atoms with Gasteiger partial charge in [0.05, 0.1) is 0 Å². The molecule has 1 aromatic heterocycles. The summed E-state index contributed by atoms with van der Waals surface area (Å²) in [6.45, 7) is 16.4. The van der Waals surface area contributed by atoms with E-state index < -0.39 is 5.60 Å². The molecule has 2 heterocycles. The molecule has 1 amide bonds. The Kier molecular flexibility index (Phi) is 6.67. The molecule has 1 aliphatic rings. The Hall–Kier alpha value is -1.62. The maximum absolute atomic E-state index is 12.6. The summed E-state index contributed by atoms with van der Waals surface area (Å²) in [4.78, 5) is 21.4. The zero-order valence-electron chi connectivity index (χ0n) is 17.5. The number of aromatic nitrogens is 1. The first-order valence-electron chi connectivity index (χ1n) is 9.80. The van der Waals surface area contributed by atoms with Crippen molar-refractivity contribution in [2.45, 2.75) is 79.0 Å². The van der Waals surface area contributed by atoms with Crippen molar-refractivity contribution in [3.8, 4) is 0 Å². The van der Waals surface area contributed by atoms with Gasteiger partial charge in [-0.15, -0.1) is 0 Å². The van der Waals surface area contributed by atoms with E-state index in [2.05, 4.69) is 29.8 Å². The molecule has 0 N–H and O–H groups in total. The Labute approximate surface area is 158 Å². The average molecular weight is 362 g/mol. The number of rotatable bonds is 5. The van der Waals surface area contributed by atoms with Gasteiger partial charge in [0, 0.05) is 24.8 Å². The predicted octanol–water partition coefficient (Wildman–Crippen LogP) is 5.02. The second kappa shape index (κ2) is 8.38. The van der Waals surface area contributed by atoms with Gasteiger partial charge in [0.1, 0.15) is 11.4 Å². The first kappa shape index (κ1) is 20.7. The van der Waals surface area contributed by atoms with Crippen molar-refractivity contribution in [1.82, 2.24) is 9.88 Å². The molecule has 0 aliphatic carbocycles. The van der Waals surface area contributed by atoms with E-state index in [9.17, 15) is 4.79 Å². The Bertz CT molecular complexity index is 590. The highest BCUT2D eigenvalue weighted by Crippen LogP contribution is 2.33. The van der Waals surface area contributed by atoms with Crippen LogP contribution in [-0.4, -0.2) is 40.7 Å². The number of pyridine rings is 1. The fourth-order valence-electron chi connectivity index (χ4n) is 3.51. The number of hydrogen-bond acceptors (Lipinski definition) is 4. The van der Waals surface area contributed by atoms with E-state index in [0.717, 1.165) is 13.1 Å². The van der Waals surface area contributed by atoms with Crippen molar-refractivity contribution in [3.63, 3.8) is 0 Å². The van der Waals surface area contributed by atoms with Crippen molar-refractivity contribution in [2.75, 3.05) is 18.0 Å². The minimum atomic E-state index is -0.522. The summed E-state index contributed by atoms with van der Waals surface area (Å²) < 4.78 is 5.55. The highest BCUT2D eigenvalue weighted by molar-refractivity contribution is 5.87. The summed E-state index contributed by atoms with van der Waals surface area (Å²) in [6.07, 6.45) is 3.98. The van der Waals surface area contributed by atoms with E-state index in [-0.39, 0.29) is 12.1 Å². The average Bonchev–Trinajstić information content (AvgIpc) is 2.93. The smallest absolute Gasteiger partial charge is 0.416 e. The molecule has 0 bridgehead atoms. The monoisotopic (exact) mass is 361 g/mol. The van der Waals surface area contributed by atoms with Gasteiger partial charge < -0.3 is 4.74 Å². The van der Waals surface area contributed by atoms with Crippen molar-refractivity contribution >= 4 is 11.9 Å². The molecule has 5 heteroatoms. The van der Waals surface area contributed by atoms with Crippen LogP contribution in [0.25, 0.3) is 0 Å². The number of amides is 1. The third-order valence-corrected chi connectivity index (χ3v) is 4.47. The summed E-state index contributed by atoms with van der Waals surface area (Å²) in [7, 11) is 0. The molecule has 0 radical (unpaired) electrons. The topological polar surface area (TPSA) is 45.7 Å². The Morgan fingerprint density at radius 3 is 2.50 bits per heavy atom. The van der Waals surface area contributed by atoms with Crippen LogP contribution >= 0.6 is 0 Å². The maximum Gasteiger partial charge on any atom is 0.416 e. The molecule has 1 aliphatic heterocycles. The molecule has 1 atom stereocenters. The highest BCUT2D eigenvalue weighted by atomic mass is 16.6. The van der Waals surface area contributed by atoms with Crippen molar-refractivity contribution in [3.05, 3.63) is 23.9 Å². The molecule has 0 aromatic carbocycles. The predicted molar refractivity (Wildman–Crippen MR) is 106 cm³/mol. The van der Waals surface area contributed by atoms with Gasteiger partial charge in [0.2, 0.25) is 0 Å². The quantitative estimate of drug-likeness (QED) is 0.738. The molecule has 0 unspecified atom stereocenters. The number of carbonyl (C=O) groups excluding carboxylic acids is 1. The fourth-order valence-corrected chi connectivity index (χ4v) is 3.51. The summed E-state index contributed by atoms with van der Waals surface area (Å²) in [6, 6.07) is 4.48. The third-order valence-electron chi connectivity index (χ3n) is 4.47. The second-order valence-electron chi connectivity index (χ2n) is 8.94. The SMILES string of the molecule is CC(C)CN1CCC[C@@H]1c1ccc(N(C(=O)OC(C)(C)C)C(C)C)nc1. The molecule has 0 spiro atoms. The molecule has 26 heavy (non-hydrogen) atoms. The Morgan fingerprint density at radius 2 is 2.00 bits per heavy atom. The molecule has 146 valence electrons. The van der Waals surface area contributed by atoms with Gasteiger partial charge in [-0.2, -0.15) is 0 Å². The molecular weight excluding hydrogens is 326 g/mol. The summed E-state index contributed by atoms with van der Waals surface area (Å²) >= 11 is 0. The number of hydrogen-bond donors (Lipinski definition) is 0. The largest absolute Gasteiger partial charge is 0.443 e. The van der Waals surface area contributed by atoms with Crippen LogP contribution in [0, 0.1) is 5.92 Å². The molecule has 2 rings (SSSR count). The lowest BCUT2D eigenvalue weighted by molar-refractivity contribution is 0.0569. The zero-order valence-corrected chi connectivity index (χ0v) is 17.5. The lowest BCUT2D eigenvalue weighted by Gasteiger charge is -2.30. The van der Waals surface area contributed by atoms with E-state index in [0.29, 0.717) is 17.8 Å². The van der Waals surface area contributed by atoms with Crippen LogP contribution in [0.1, 0.15) is 72.9 Å². The lowest BCUT2D eigenvalue weighted by Crippen LogP contribution is -2.41. The van der Waals surface area contributed by atoms with E-state index in [1.165, 1.54) is 18.4 Å². The maximum atomic E-state index is 12.6. The van der Waals surface area contributed by atoms with Crippen molar-refractivity contribution < 1.29 is 9.53 Å². The summed E-state index contributed by atoms with van der Waals surface area (Å²) in [5.41, 5.74) is 0.713. The van der Waals surface area contributed by atoms with E-state index in [1.54, 1.807) is 4.90 Å².